The summed E-state index contributed by atoms with van der Waals surface area (Å²) in [4.78, 5) is 30.8. The van der Waals surface area contributed by atoms with Gasteiger partial charge in [0, 0.05) is 11.3 Å². The van der Waals surface area contributed by atoms with Crippen molar-refractivity contribution in [2.45, 2.75) is 24.2 Å². The van der Waals surface area contributed by atoms with Crippen molar-refractivity contribution in [3.8, 4) is 11.5 Å². The molecule has 0 aromatic heterocycles. The fraction of sp³-hybridized carbons (Fsp3) is 0.188. The second-order valence-electron chi connectivity index (χ2n) is 5.36. The van der Waals surface area contributed by atoms with Crippen molar-refractivity contribution in [2.24, 2.45) is 0 Å². The zero-order valence-corrected chi connectivity index (χ0v) is 14.5. The van der Waals surface area contributed by atoms with Gasteiger partial charge in [0.1, 0.15) is 11.5 Å². The zero-order chi connectivity index (χ0) is 17.9. The number of aromatic hydroxyl groups is 2. The molecule has 0 aliphatic rings. The molecule has 128 valence electrons. The first-order chi connectivity index (χ1) is 11.2. The van der Waals surface area contributed by atoms with Crippen LogP contribution in [0.2, 0.25) is 0 Å². The van der Waals surface area contributed by atoms with Crippen LogP contribution in [0.1, 0.15) is 35.2 Å². The third-order valence-corrected chi connectivity index (χ3v) is 5.51. The molecular formula is C16H17O6PS. The van der Waals surface area contributed by atoms with E-state index in [1.165, 1.54) is 24.3 Å². The van der Waals surface area contributed by atoms with Gasteiger partial charge in [0.25, 0.3) is 0 Å². The van der Waals surface area contributed by atoms with Crippen molar-refractivity contribution in [1.82, 2.24) is 0 Å². The maximum absolute atomic E-state index is 12.6. The number of carbonyl (C=O) groups is 1. The van der Waals surface area contributed by atoms with Gasteiger partial charge in [0.15, 0.2) is 5.78 Å². The molecule has 0 aliphatic carbocycles. The number of phenolic OH excluding ortho intramolecular Hbond substituents is 2. The molecule has 8 heteroatoms. The van der Waals surface area contributed by atoms with Crippen LogP contribution in [0.25, 0.3) is 0 Å². The lowest BCUT2D eigenvalue weighted by molar-refractivity contribution is 0.0970. The van der Waals surface area contributed by atoms with Gasteiger partial charge in [0.05, 0.1) is 5.56 Å². The molecule has 0 aliphatic heterocycles. The average Bonchev–Trinajstić information content (AvgIpc) is 2.45. The predicted octanol–water partition coefficient (Wildman–Crippen LogP) is 3.66. The summed E-state index contributed by atoms with van der Waals surface area (Å²) in [5.41, 5.74) is 0.654. The minimum Gasteiger partial charge on any atom is -0.508 e. The minimum absolute atomic E-state index is 0.0236. The Kier molecular flexibility index (Phi) is 5.72. The van der Waals surface area contributed by atoms with Gasteiger partial charge in [-0.05, 0) is 47.1 Å². The van der Waals surface area contributed by atoms with Crippen molar-refractivity contribution in [3.63, 3.8) is 0 Å². The molecule has 0 saturated carbocycles. The molecule has 1 unspecified atom stereocenters. The van der Waals surface area contributed by atoms with Crippen LogP contribution < -0.4 is 0 Å². The largest absolute Gasteiger partial charge is 0.508 e. The third kappa shape index (κ3) is 4.85. The second-order valence-corrected chi connectivity index (χ2v) is 8.93. The van der Waals surface area contributed by atoms with Crippen molar-refractivity contribution in [2.75, 3.05) is 0 Å². The molecule has 0 bridgehead atoms. The van der Waals surface area contributed by atoms with Crippen LogP contribution >= 0.6 is 18.2 Å². The SMILES string of the molecule is CC(CC(=O)c1c(O)cccc1SP(=O)(O)O)c1cccc(O)c1. The Labute approximate surface area is 143 Å². The second kappa shape index (κ2) is 7.40. The van der Waals surface area contributed by atoms with E-state index >= 15 is 0 Å². The van der Waals surface area contributed by atoms with E-state index in [-0.39, 0.29) is 45.7 Å². The zero-order valence-electron chi connectivity index (χ0n) is 12.8. The van der Waals surface area contributed by atoms with E-state index in [1.54, 1.807) is 25.1 Å². The molecule has 6 nitrogen and oxygen atoms in total. The smallest absolute Gasteiger partial charge is 0.388 e. The molecule has 2 aromatic carbocycles. The lowest BCUT2D eigenvalue weighted by Gasteiger charge is -2.14. The van der Waals surface area contributed by atoms with Crippen LogP contribution in [0.5, 0.6) is 11.5 Å². The standard InChI is InChI=1S/C16H17O6PS/c1-10(11-4-2-5-12(17)9-11)8-14(19)16-13(18)6-3-7-15(16)24-23(20,21)22/h2-7,9-10,17-18H,8H2,1H3,(H2,20,21,22). The molecule has 1 atom stereocenters. The Bertz CT molecular complexity index is 801. The van der Waals surface area contributed by atoms with Gasteiger partial charge in [-0.25, -0.2) is 4.57 Å². The number of carbonyl (C=O) groups excluding carboxylic acids is 1. The fourth-order valence-electron chi connectivity index (χ4n) is 2.33. The van der Waals surface area contributed by atoms with Gasteiger partial charge in [-0.3, -0.25) is 4.79 Å². The fourth-order valence-corrected chi connectivity index (χ4v) is 4.26. The Morgan fingerprint density at radius 2 is 1.83 bits per heavy atom. The lowest BCUT2D eigenvalue weighted by Crippen LogP contribution is -2.07. The summed E-state index contributed by atoms with van der Waals surface area (Å²) >= 11 is 0.241. The van der Waals surface area contributed by atoms with E-state index in [1.807, 2.05) is 0 Å². The summed E-state index contributed by atoms with van der Waals surface area (Å²) in [5, 5.41) is 19.5. The van der Waals surface area contributed by atoms with Crippen LogP contribution in [-0.2, 0) is 4.57 Å². The highest BCUT2D eigenvalue weighted by Gasteiger charge is 2.24. The van der Waals surface area contributed by atoms with E-state index < -0.39 is 12.6 Å². The molecule has 0 amide bonds. The highest BCUT2D eigenvalue weighted by molar-refractivity contribution is 8.54. The van der Waals surface area contributed by atoms with Gasteiger partial charge in [0.2, 0.25) is 0 Å². The Morgan fingerprint density at radius 3 is 2.46 bits per heavy atom. The minimum atomic E-state index is -4.45. The normalized spacial score (nSPS) is 12.8. The first-order valence-corrected chi connectivity index (χ1v) is 10.1. The Balaban J connectivity index is 2.28. The van der Waals surface area contributed by atoms with Gasteiger partial charge in [-0.1, -0.05) is 25.1 Å². The number of Topliss-reactive ketones (excluding diaryl/α,β-unsaturated/α-hetero) is 1. The summed E-state index contributed by atoms with van der Waals surface area (Å²) in [6, 6.07) is 10.6. The summed E-state index contributed by atoms with van der Waals surface area (Å²) in [5.74, 6) is -0.898. The van der Waals surface area contributed by atoms with Crippen molar-refractivity contribution in [3.05, 3.63) is 53.6 Å². The number of hydrogen-bond donors (Lipinski definition) is 4. The third-order valence-electron chi connectivity index (χ3n) is 3.43. The molecule has 2 aromatic rings. The van der Waals surface area contributed by atoms with E-state index in [0.29, 0.717) is 0 Å². The van der Waals surface area contributed by atoms with E-state index in [2.05, 4.69) is 0 Å². The quantitative estimate of drug-likeness (QED) is 0.454. The van der Waals surface area contributed by atoms with Crippen molar-refractivity contribution >= 4 is 24.0 Å². The van der Waals surface area contributed by atoms with Crippen LogP contribution in [-0.4, -0.2) is 25.8 Å². The maximum atomic E-state index is 12.6. The number of rotatable bonds is 6. The molecule has 0 fully saturated rings. The molecule has 2 rings (SSSR count). The molecular weight excluding hydrogens is 351 g/mol. The Morgan fingerprint density at radius 1 is 1.17 bits per heavy atom. The lowest BCUT2D eigenvalue weighted by atomic mass is 9.93. The number of ketones is 1. The topological polar surface area (TPSA) is 115 Å². The molecule has 0 heterocycles. The monoisotopic (exact) mass is 368 g/mol. The molecule has 0 radical (unpaired) electrons. The van der Waals surface area contributed by atoms with Gasteiger partial charge >= 0.3 is 6.80 Å². The first kappa shape index (κ1) is 18.5. The van der Waals surface area contributed by atoms with Gasteiger partial charge < -0.3 is 20.0 Å². The number of hydrogen-bond acceptors (Lipinski definition) is 5. The van der Waals surface area contributed by atoms with E-state index in [9.17, 15) is 19.6 Å². The molecule has 0 spiro atoms. The highest BCUT2D eigenvalue weighted by Crippen LogP contribution is 2.56. The van der Waals surface area contributed by atoms with E-state index in [0.717, 1.165) is 5.56 Å². The highest BCUT2D eigenvalue weighted by atomic mass is 32.7. The van der Waals surface area contributed by atoms with Gasteiger partial charge in [-0.15, -0.1) is 0 Å². The Hall–Kier alpha value is -1.79. The molecule has 0 saturated heterocycles. The summed E-state index contributed by atoms with van der Waals surface area (Å²) < 4.78 is 11.2. The van der Waals surface area contributed by atoms with Gasteiger partial charge in [-0.2, -0.15) is 0 Å². The summed E-state index contributed by atoms with van der Waals surface area (Å²) in [7, 11) is 0. The predicted molar refractivity (Wildman–Crippen MR) is 91.5 cm³/mol. The van der Waals surface area contributed by atoms with Crippen LogP contribution in [0.15, 0.2) is 47.4 Å². The molecule has 24 heavy (non-hydrogen) atoms. The number of phenols is 2. The van der Waals surface area contributed by atoms with Crippen LogP contribution in [0.3, 0.4) is 0 Å². The molecule has 4 N–H and O–H groups in total. The average molecular weight is 368 g/mol. The number of benzene rings is 2. The van der Waals surface area contributed by atoms with Crippen molar-refractivity contribution in [1.29, 1.82) is 0 Å². The first-order valence-electron chi connectivity index (χ1n) is 7.06. The summed E-state index contributed by atoms with van der Waals surface area (Å²) in [6.45, 7) is -2.66. The summed E-state index contributed by atoms with van der Waals surface area (Å²) in [6.07, 6.45) is 0.0236. The van der Waals surface area contributed by atoms with Crippen molar-refractivity contribution < 1.29 is 29.4 Å². The maximum Gasteiger partial charge on any atom is 0.388 e. The van der Waals surface area contributed by atoms with Crippen LogP contribution in [0, 0.1) is 0 Å². The van der Waals surface area contributed by atoms with Crippen LogP contribution in [0.4, 0.5) is 0 Å². The van der Waals surface area contributed by atoms with E-state index in [4.69, 9.17) is 9.79 Å².